The van der Waals surface area contributed by atoms with Gasteiger partial charge in [-0.15, -0.1) is 0 Å². The zero-order valence-electron chi connectivity index (χ0n) is 6.51. The average molecular weight is 154 g/mol. The number of aromatic amines is 1. The van der Waals surface area contributed by atoms with Crippen molar-refractivity contribution in [2.45, 2.75) is 0 Å². The van der Waals surface area contributed by atoms with Gasteiger partial charge >= 0.3 is 0 Å². The minimum Gasteiger partial charge on any atom is -0.351 e. The average Bonchev–Trinajstić information content (AvgIpc) is 2.64. The highest BCUT2D eigenvalue weighted by atomic mass is 15.0. The summed E-state index contributed by atoms with van der Waals surface area (Å²) in [6, 6.07) is 0. The van der Waals surface area contributed by atoms with Gasteiger partial charge in [0.2, 0.25) is 0 Å². The number of hydrogen-bond acceptors (Lipinski definition) is 3. The Kier molecular flexibility index (Phi) is 4.40. The van der Waals surface area contributed by atoms with E-state index in [4.69, 9.17) is 0 Å². The number of piperazine rings is 1. The van der Waals surface area contributed by atoms with Crippen LogP contribution in [0.25, 0.3) is 0 Å². The Morgan fingerprint density at radius 3 is 1.82 bits per heavy atom. The van der Waals surface area contributed by atoms with Gasteiger partial charge < -0.3 is 15.6 Å². The molecule has 2 heterocycles. The van der Waals surface area contributed by atoms with Crippen LogP contribution in [0.3, 0.4) is 0 Å². The van der Waals surface area contributed by atoms with Gasteiger partial charge in [-0.25, -0.2) is 4.98 Å². The zero-order valence-corrected chi connectivity index (χ0v) is 6.51. The first-order valence-electron chi connectivity index (χ1n) is 3.84. The lowest BCUT2D eigenvalue weighted by molar-refractivity contribution is 0.534. The summed E-state index contributed by atoms with van der Waals surface area (Å²) >= 11 is 0. The highest BCUT2D eigenvalue weighted by molar-refractivity contribution is 4.64. The van der Waals surface area contributed by atoms with Gasteiger partial charge in [-0.3, -0.25) is 0 Å². The molecule has 4 nitrogen and oxygen atoms in total. The second-order valence-corrected chi connectivity index (χ2v) is 2.26. The first-order valence-corrected chi connectivity index (χ1v) is 3.84. The molecule has 0 amide bonds. The van der Waals surface area contributed by atoms with Crippen LogP contribution in [-0.4, -0.2) is 36.1 Å². The van der Waals surface area contributed by atoms with Crippen molar-refractivity contribution in [1.29, 1.82) is 0 Å². The first-order chi connectivity index (χ1) is 5.50. The van der Waals surface area contributed by atoms with Gasteiger partial charge in [0.25, 0.3) is 0 Å². The first kappa shape index (κ1) is 8.23. The van der Waals surface area contributed by atoms with Gasteiger partial charge in [0, 0.05) is 38.6 Å². The smallest absolute Gasteiger partial charge is 0.0919 e. The van der Waals surface area contributed by atoms with Crippen LogP contribution in [-0.2, 0) is 0 Å². The molecule has 1 aliphatic heterocycles. The number of hydrogen-bond donors (Lipinski definition) is 3. The minimum absolute atomic E-state index is 1.14. The van der Waals surface area contributed by atoms with Crippen LogP contribution in [0, 0.1) is 0 Å². The molecule has 1 aromatic heterocycles. The Balaban J connectivity index is 0.000000112. The quantitative estimate of drug-likeness (QED) is 0.476. The molecular formula is C7H14N4. The van der Waals surface area contributed by atoms with Gasteiger partial charge in [0.1, 0.15) is 0 Å². The maximum atomic E-state index is 3.67. The molecule has 1 aromatic rings. The Morgan fingerprint density at radius 2 is 1.64 bits per heavy atom. The molecular weight excluding hydrogens is 140 g/mol. The Hall–Kier alpha value is -0.870. The number of rotatable bonds is 0. The van der Waals surface area contributed by atoms with Crippen molar-refractivity contribution in [1.82, 2.24) is 20.6 Å². The molecule has 3 N–H and O–H groups in total. The van der Waals surface area contributed by atoms with Crippen LogP contribution >= 0.6 is 0 Å². The van der Waals surface area contributed by atoms with Crippen LogP contribution in [0.2, 0.25) is 0 Å². The second-order valence-electron chi connectivity index (χ2n) is 2.26. The van der Waals surface area contributed by atoms with Gasteiger partial charge in [0.05, 0.1) is 6.33 Å². The second kappa shape index (κ2) is 5.88. The third-order valence-corrected chi connectivity index (χ3v) is 1.36. The summed E-state index contributed by atoms with van der Waals surface area (Å²) in [6.45, 7) is 4.56. The summed E-state index contributed by atoms with van der Waals surface area (Å²) in [4.78, 5) is 6.42. The van der Waals surface area contributed by atoms with E-state index in [0.717, 1.165) is 26.2 Å². The van der Waals surface area contributed by atoms with Crippen molar-refractivity contribution in [2.75, 3.05) is 26.2 Å². The Labute approximate surface area is 66.4 Å². The molecule has 62 valence electrons. The standard InChI is InChI=1S/C4H10N2.C3H4N2/c1-2-6-4-3-5-1;1-2-5-3-4-1/h5-6H,1-4H2;1-3H,(H,4,5). The highest BCUT2D eigenvalue weighted by Gasteiger charge is 1.91. The molecule has 1 fully saturated rings. The number of imidazole rings is 1. The van der Waals surface area contributed by atoms with Crippen molar-refractivity contribution in [3.8, 4) is 0 Å². The van der Waals surface area contributed by atoms with E-state index in [2.05, 4.69) is 20.6 Å². The van der Waals surface area contributed by atoms with Gasteiger partial charge in [-0.05, 0) is 0 Å². The molecule has 11 heavy (non-hydrogen) atoms. The largest absolute Gasteiger partial charge is 0.351 e. The van der Waals surface area contributed by atoms with Crippen molar-refractivity contribution in [3.05, 3.63) is 18.7 Å². The van der Waals surface area contributed by atoms with E-state index in [9.17, 15) is 0 Å². The van der Waals surface area contributed by atoms with Gasteiger partial charge in [0.15, 0.2) is 0 Å². The molecule has 0 bridgehead atoms. The lowest BCUT2D eigenvalue weighted by Gasteiger charge is -2.11. The van der Waals surface area contributed by atoms with Crippen LogP contribution < -0.4 is 10.6 Å². The minimum atomic E-state index is 1.14. The number of nitrogens with one attached hydrogen (secondary N) is 3. The van der Waals surface area contributed by atoms with E-state index in [0.29, 0.717) is 0 Å². The monoisotopic (exact) mass is 154 g/mol. The van der Waals surface area contributed by atoms with Crippen molar-refractivity contribution < 1.29 is 0 Å². The van der Waals surface area contributed by atoms with E-state index >= 15 is 0 Å². The van der Waals surface area contributed by atoms with Crippen LogP contribution in [0.5, 0.6) is 0 Å². The fraction of sp³-hybridized carbons (Fsp3) is 0.571. The van der Waals surface area contributed by atoms with Crippen LogP contribution in [0.4, 0.5) is 0 Å². The number of nitrogens with zero attached hydrogens (tertiary/aromatic N) is 1. The third-order valence-electron chi connectivity index (χ3n) is 1.36. The summed E-state index contributed by atoms with van der Waals surface area (Å²) in [7, 11) is 0. The fourth-order valence-corrected chi connectivity index (χ4v) is 0.819. The van der Waals surface area contributed by atoms with Crippen molar-refractivity contribution in [3.63, 3.8) is 0 Å². The van der Waals surface area contributed by atoms with E-state index in [1.807, 2.05) is 0 Å². The lowest BCUT2D eigenvalue weighted by atomic mass is 10.4. The summed E-state index contributed by atoms with van der Waals surface area (Å²) in [5.41, 5.74) is 0. The maximum Gasteiger partial charge on any atom is 0.0919 e. The molecule has 0 unspecified atom stereocenters. The Bertz CT molecular complexity index is 117. The number of aromatic nitrogens is 2. The topological polar surface area (TPSA) is 52.7 Å². The number of H-pyrrole nitrogens is 1. The molecule has 1 aliphatic rings. The molecule has 1 saturated heterocycles. The summed E-state index contributed by atoms with van der Waals surface area (Å²) in [5.74, 6) is 0. The predicted octanol–water partition coefficient (Wildman–Crippen LogP) is -0.411. The molecule has 0 aromatic carbocycles. The van der Waals surface area contributed by atoms with Crippen molar-refractivity contribution >= 4 is 0 Å². The van der Waals surface area contributed by atoms with E-state index < -0.39 is 0 Å². The molecule has 2 rings (SSSR count). The molecule has 0 atom stereocenters. The molecule has 0 spiro atoms. The zero-order chi connectivity index (χ0) is 7.78. The SMILES string of the molecule is C1CNCCN1.c1c[nH]cn1. The summed E-state index contributed by atoms with van der Waals surface area (Å²) in [5, 5.41) is 6.44. The summed E-state index contributed by atoms with van der Waals surface area (Å²) in [6.07, 6.45) is 5.08. The molecule has 0 aliphatic carbocycles. The van der Waals surface area contributed by atoms with E-state index in [1.54, 1.807) is 18.7 Å². The van der Waals surface area contributed by atoms with Crippen molar-refractivity contribution in [2.24, 2.45) is 0 Å². The molecule has 0 saturated carbocycles. The third kappa shape index (κ3) is 4.52. The highest BCUT2D eigenvalue weighted by Crippen LogP contribution is 1.65. The lowest BCUT2D eigenvalue weighted by Crippen LogP contribution is -2.39. The van der Waals surface area contributed by atoms with E-state index in [1.165, 1.54) is 0 Å². The summed E-state index contributed by atoms with van der Waals surface area (Å²) < 4.78 is 0. The Morgan fingerprint density at radius 1 is 1.00 bits per heavy atom. The normalized spacial score (nSPS) is 16.7. The predicted molar refractivity (Wildman–Crippen MR) is 44.3 cm³/mol. The molecule has 4 heteroatoms. The fourth-order valence-electron chi connectivity index (χ4n) is 0.819. The maximum absolute atomic E-state index is 3.67. The van der Waals surface area contributed by atoms with Crippen LogP contribution in [0.1, 0.15) is 0 Å². The van der Waals surface area contributed by atoms with Gasteiger partial charge in [-0.1, -0.05) is 0 Å². The van der Waals surface area contributed by atoms with Gasteiger partial charge in [-0.2, -0.15) is 0 Å². The molecule has 0 radical (unpaired) electrons. The van der Waals surface area contributed by atoms with Crippen LogP contribution in [0.15, 0.2) is 18.7 Å². The van der Waals surface area contributed by atoms with E-state index in [-0.39, 0.29) is 0 Å².